The summed E-state index contributed by atoms with van der Waals surface area (Å²) < 4.78 is 1.77. The second-order valence-corrected chi connectivity index (χ2v) is 4.43. The Balaban J connectivity index is 2.81. The number of anilines is 1. The van der Waals surface area contributed by atoms with Crippen LogP contribution >= 0.6 is 0 Å². The maximum Gasteiger partial charge on any atom is 0.251 e. The molecule has 0 aromatic carbocycles. The van der Waals surface area contributed by atoms with Gasteiger partial charge in [0.25, 0.3) is 5.56 Å². The van der Waals surface area contributed by atoms with Gasteiger partial charge in [0.05, 0.1) is 5.52 Å². The largest absolute Gasteiger partial charge is 0.308 e. The monoisotopic (exact) mass is 246 g/mol. The second kappa shape index (κ2) is 4.78. The van der Waals surface area contributed by atoms with Crippen molar-refractivity contribution < 1.29 is 0 Å². The molecule has 0 spiro atoms. The summed E-state index contributed by atoms with van der Waals surface area (Å²) in [7, 11) is 1.73. The molecule has 2 aromatic rings. The Labute approximate surface area is 106 Å². The van der Waals surface area contributed by atoms with Crippen LogP contribution in [0.25, 0.3) is 10.9 Å². The zero-order chi connectivity index (χ0) is 13.3. The third-order valence-electron chi connectivity index (χ3n) is 2.97. The topological polar surface area (TPSA) is 64.2 Å². The summed E-state index contributed by atoms with van der Waals surface area (Å²) in [5.41, 5.74) is 1.79. The highest BCUT2D eigenvalue weighted by Gasteiger charge is 2.09. The van der Waals surface area contributed by atoms with Gasteiger partial charge in [-0.15, -0.1) is 0 Å². The SMILES string of the molecule is CCCn1c(=O)ccc2c(C)nc(N(C)N)cc21. The number of nitrogens with zero attached hydrogens (tertiary/aromatic N) is 3. The van der Waals surface area contributed by atoms with Gasteiger partial charge in [0, 0.05) is 36.8 Å². The summed E-state index contributed by atoms with van der Waals surface area (Å²) in [5, 5.41) is 2.45. The van der Waals surface area contributed by atoms with Gasteiger partial charge in [0.2, 0.25) is 0 Å². The van der Waals surface area contributed by atoms with Crippen molar-refractivity contribution in [3.8, 4) is 0 Å². The molecule has 0 saturated heterocycles. The molecule has 18 heavy (non-hydrogen) atoms. The van der Waals surface area contributed by atoms with E-state index in [1.54, 1.807) is 17.7 Å². The van der Waals surface area contributed by atoms with E-state index in [0.717, 1.165) is 23.0 Å². The molecule has 0 aliphatic carbocycles. The average Bonchev–Trinajstić information content (AvgIpc) is 2.32. The molecule has 0 atom stereocenters. The van der Waals surface area contributed by atoms with E-state index in [9.17, 15) is 4.79 Å². The van der Waals surface area contributed by atoms with Crippen molar-refractivity contribution in [1.29, 1.82) is 0 Å². The minimum absolute atomic E-state index is 0.0144. The minimum Gasteiger partial charge on any atom is -0.308 e. The number of pyridine rings is 2. The lowest BCUT2D eigenvalue weighted by Crippen LogP contribution is -2.27. The number of nitrogens with two attached hydrogens (primary N) is 1. The summed E-state index contributed by atoms with van der Waals surface area (Å²) in [4.78, 5) is 16.3. The van der Waals surface area contributed by atoms with E-state index >= 15 is 0 Å². The van der Waals surface area contributed by atoms with Crippen molar-refractivity contribution in [3.63, 3.8) is 0 Å². The van der Waals surface area contributed by atoms with E-state index in [-0.39, 0.29) is 5.56 Å². The highest BCUT2D eigenvalue weighted by molar-refractivity contribution is 5.83. The molecule has 0 radical (unpaired) electrons. The Morgan fingerprint density at radius 3 is 2.78 bits per heavy atom. The summed E-state index contributed by atoms with van der Waals surface area (Å²) >= 11 is 0. The molecule has 0 bridgehead atoms. The van der Waals surface area contributed by atoms with Crippen LogP contribution in [0.1, 0.15) is 19.0 Å². The molecule has 0 aliphatic rings. The number of hydrazine groups is 1. The standard InChI is InChI=1S/C13H18N4O/c1-4-7-17-11-8-12(16(3)14)15-9(2)10(11)5-6-13(17)18/h5-6,8H,4,7,14H2,1-3H3. The normalized spacial score (nSPS) is 10.9. The van der Waals surface area contributed by atoms with Crippen molar-refractivity contribution in [3.05, 3.63) is 34.2 Å². The van der Waals surface area contributed by atoms with Gasteiger partial charge in [-0.2, -0.15) is 0 Å². The van der Waals surface area contributed by atoms with Gasteiger partial charge >= 0.3 is 0 Å². The van der Waals surface area contributed by atoms with E-state index in [1.807, 2.05) is 19.1 Å². The maximum atomic E-state index is 11.9. The zero-order valence-corrected chi connectivity index (χ0v) is 11.0. The van der Waals surface area contributed by atoms with Crippen LogP contribution < -0.4 is 16.4 Å². The summed E-state index contributed by atoms with van der Waals surface area (Å²) in [6, 6.07) is 5.28. The first-order valence-electron chi connectivity index (χ1n) is 6.04. The van der Waals surface area contributed by atoms with E-state index < -0.39 is 0 Å². The quantitative estimate of drug-likeness (QED) is 0.657. The van der Waals surface area contributed by atoms with Crippen molar-refractivity contribution in [2.24, 2.45) is 5.84 Å². The summed E-state index contributed by atoms with van der Waals surface area (Å²) in [6.45, 7) is 4.68. The molecule has 5 heteroatoms. The second-order valence-electron chi connectivity index (χ2n) is 4.43. The number of aryl methyl sites for hydroxylation is 2. The first kappa shape index (κ1) is 12.6. The minimum atomic E-state index is 0.0144. The van der Waals surface area contributed by atoms with Gasteiger partial charge in [-0.3, -0.25) is 9.80 Å². The van der Waals surface area contributed by atoms with Crippen molar-refractivity contribution >= 4 is 16.7 Å². The van der Waals surface area contributed by atoms with Crippen LogP contribution in [0.4, 0.5) is 5.82 Å². The zero-order valence-electron chi connectivity index (χ0n) is 11.0. The fourth-order valence-corrected chi connectivity index (χ4v) is 2.08. The Bertz CT molecular complexity index is 631. The van der Waals surface area contributed by atoms with Gasteiger partial charge in [-0.1, -0.05) is 6.92 Å². The van der Waals surface area contributed by atoms with Crippen LogP contribution in [-0.2, 0) is 6.54 Å². The first-order valence-corrected chi connectivity index (χ1v) is 6.04. The number of fused-ring (bicyclic) bond motifs is 1. The Morgan fingerprint density at radius 1 is 1.44 bits per heavy atom. The molecule has 0 unspecified atom stereocenters. The molecule has 0 amide bonds. The number of aromatic nitrogens is 2. The summed E-state index contributed by atoms with van der Waals surface area (Å²) in [6.07, 6.45) is 0.911. The van der Waals surface area contributed by atoms with Crippen LogP contribution in [0.5, 0.6) is 0 Å². The van der Waals surface area contributed by atoms with Crippen molar-refractivity contribution in [2.75, 3.05) is 12.1 Å². The molecule has 0 fully saturated rings. The fraction of sp³-hybridized carbons (Fsp3) is 0.385. The molecule has 0 saturated carbocycles. The smallest absolute Gasteiger partial charge is 0.251 e. The van der Waals surface area contributed by atoms with E-state index in [1.165, 1.54) is 5.01 Å². The summed E-state index contributed by atoms with van der Waals surface area (Å²) in [5.74, 6) is 6.38. The molecule has 5 nitrogen and oxygen atoms in total. The van der Waals surface area contributed by atoms with E-state index in [0.29, 0.717) is 12.4 Å². The molecule has 0 aliphatic heterocycles. The lowest BCUT2D eigenvalue weighted by molar-refractivity contribution is 0.677. The van der Waals surface area contributed by atoms with Gasteiger partial charge < -0.3 is 4.57 Å². The number of hydrogen-bond donors (Lipinski definition) is 1. The van der Waals surface area contributed by atoms with Gasteiger partial charge in [-0.05, 0) is 19.4 Å². The van der Waals surface area contributed by atoms with Gasteiger partial charge in [-0.25, -0.2) is 10.8 Å². The van der Waals surface area contributed by atoms with E-state index in [2.05, 4.69) is 11.9 Å². The molecule has 96 valence electrons. The van der Waals surface area contributed by atoms with Crippen LogP contribution in [0.3, 0.4) is 0 Å². The third-order valence-corrected chi connectivity index (χ3v) is 2.97. The molecule has 2 aromatic heterocycles. The van der Waals surface area contributed by atoms with Crippen molar-refractivity contribution in [2.45, 2.75) is 26.8 Å². The van der Waals surface area contributed by atoms with Gasteiger partial charge in [0.15, 0.2) is 0 Å². The average molecular weight is 246 g/mol. The molecule has 2 N–H and O–H groups in total. The molecule has 2 rings (SSSR count). The van der Waals surface area contributed by atoms with Gasteiger partial charge in [0.1, 0.15) is 5.82 Å². The highest BCUT2D eigenvalue weighted by atomic mass is 16.1. The predicted molar refractivity (Wildman–Crippen MR) is 73.6 cm³/mol. The van der Waals surface area contributed by atoms with Crippen molar-refractivity contribution in [1.82, 2.24) is 9.55 Å². The predicted octanol–water partition coefficient (Wildman–Crippen LogP) is 1.42. The van der Waals surface area contributed by atoms with Crippen LogP contribution in [0.2, 0.25) is 0 Å². The lowest BCUT2D eigenvalue weighted by atomic mass is 10.2. The third kappa shape index (κ3) is 2.09. The Kier molecular flexibility index (Phi) is 3.34. The molecule has 2 heterocycles. The van der Waals surface area contributed by atoms with Crippen LogP contribution in [0, 0.1) is 6.92 Å². The Morgan fingerprint density at radius 2 is 2.17 bits per heavy atom. The van der Waals surface area contributed by atoms with Crippen LogP contribution in [0.15, 0.2) is 23.0 Å². The highest BCUT2D eigenvalue weighted by Crippen LogP contribution is 2.20. The Hall–Kier alpha value is -1.88. The molecular formula is C13H18N4O. The lowest BCUT2D eigenvalue weighted by Gasteiger charge is -2.15. The van der Waals surface area contributed by atoms with Crippen LogP contribution in [-0.4, -0.2) is 16.6 Å². The fourth-order valence-electron chi connectivity index (χ4n) is 2.08. The van der Waals surface area contributed by atoms with E-state index in [4.69, 9.17) is 5.84 Å². The maximum absolute atomic E-state index is 11.9. The first-order chi connectivity index (χ1) is 8.54. The number of hydrogen-bond acceptors (Lipinski definition) is 4. The number of rotatable bonds is 3. The molecular weight excluding hydrogens is 228 g/mol.